The van der Waals surface area contributed by atoms with Crippen molar-refractivity contribution in [3.63, 3.8) is 0 Å². The maximum atomic E-state index is 10.7. The third kappa shape index (κ3) is 2.79. The molecule has 0 N–H and O–H groups in total. The average molecular weight is 248 g/mol. The van der Waals surface area contributed by atoms with Crippen LogP contribution in [-0.4, -0.2) is 18.7 Å². The van der Waals surface area contributed by atoms with E-state index in [1.54, 1.807) is 0 Å². The monoisotopic (exact) mass is 248 g/mol. The third-order valence-electron chi connectivity index (χ3n) is 3.33. The molecule has 98 valence electrons. The molecule has 2 atom stereocenters. The summed E-state index contributed by atoms with van der Waals surface area (Å²) in [6.07, 6.45) is 1.47. The van der Waals surface area contributed by atoms with Gasteiger partial charge in [-0.25, -0.2) is 0 Å². The van der Waals surface area contributed by atoms with Crippen molar-refractivity contribution in [1.29, 1.82) is 0 Å². The van der Waals surface area contributed by atoms with Gasteiger partial charge >= 0.3 is 0 Å². The number of aldehydes is 1. The Labute approximate surface area is 108 Å². The van der Waals surface area contributed by atoms with Crippen LogP contribution in [0.3, 0.4) is 0 Å². The van der Waals surface area contributed by atoms with Gasteiger partial charge in [-0.1, -0.05) is 31.2 Å². The number of ether oxygens (including phenoxy) is 2. The molecule has 3 heteroatoms. The van der Waals surface area contributed by atoms with Gasteiger partial charge in [0.05, 0.1) is 6.61 Å². The molecule has 1 aromatic rings. The number of hydrogen-bond donors (Lipinski definition) is 0. The van der Waals surface area contributed by atoms with E-state index < -0.39 is 5.79 Å². The van der Waals surface area contributed by atoms with Crippen LogP contribution in [-0.2, 0) is 14.3 Å². The number of rotatable bonds is 4. The van der Waals surface area contributed by atoms with Gasteiger partial charge in [0.25, 0.3) is 0 Å². The SMILES string of the molecule is CC(CC=O)c1ccccc1C1COC(C)(C)O1. The van der Waals surface area contributed by atoms with E-state index in [0.29, 0.717) is 13.0 Å². The van der Waals surface area contributed by atoms with Crippen LogP contribution in [0.15, 0.2) is 24.3 Å². The van der Waals surface area contributed by atoms with Crippen molar-refractivity contribution in [2.75, 3.05) is 6.61 Å². The Bertz CT molecular complexity index is 426. The van der Waals surface area contributed by atoms with Gasteiger partial charge in [0, 0.05) is 6.42 Å². The molecule has 18 heavy (non-hydrogen) atoms. The Morgan fingerprint density at radius 3 is 2.78 bits per heavy atom. The number of carbonyl (C=O) groups excluding carboxylic acids is 1. The highest BCUT2D eigenvalue weighted by Gasteiger charge is 2.34. The number of carbonyl (C=O) groups is 1. The molecule has 0 bridgehead atoms. The third-order valence-corrected chi connectivity index (χ3v) is 3.33. The fourth-order valence-corrected chi connectivity index (χ4v) is 2.36. The van der Waals surface area contributed by atoms with Gasteiger partial charge in [-0.2, -0.15) is 0 Å². The molecule has 0 saturated carbocycles. The van der Waals surface area contributed by atoms with Gasteiger partial charge in [-0.15, -0.1) is 0 Å². The summed E-state index contributed by atoms with van der Waals surface area (Å²) < 4.78 is 11.5. The Hall–Kier alpha value is -1.19. The van der Waals surface area contributed by atoms with Gasteiger partial charge in [-0.3, -0.25) is 0 Å². The molecular weight excluding hydrogens is 228 g/mol. The average Bonchev–Trinajstić information content (AvgIpc) is 2.70. The molecule has 2 unspecified atom stereocenters. The Morgan fingerprint density at radius 1 is 1.44 bits per heavy atom. The van der Waals surface area contributed by atoms with Crippen molar-refractivity contribution >= 4 is 6.29 Å². The molecular formula is C15H20O3. The summed E-state index contributed by atoms with van der Waals surface area (Å²) in [4.78, 5) is 10.7. The van der Waals surface area contributed by atoms with Gasteiger partial charge in [0.2, 0.25) is 0 Å². The molecule has 0 radical (unpaired) electrons. The molecule has 2 rings (SSSR count). The zero-order valence-corrected chi connectivity index (χ0v) is 11.2. The van der Waals surface area contributed by atoms with Crippen LogP contribution < -0.4 is 0 Å². The zero-order valence-electron chi connectivity index (χ0n) is 11.2. The lowest BCUT2D eigenvalue weighted by molar-refractivity contribution is -0.139. The maximum absolute atomic E-state index is 10.7. The maximum Gasteiger partial charge on any atom is 0.163 e. The zero-order chi connectivity index (χ0) is 13.2. The van der Waals surface area contributed by atoms with Gasteiger partial charge < -0.3 is 14.3 Å². The smallest absolute Gasteiger partial charge is 0.163 e. The molecule has 1 aliphatic rings. The van der Waals surface area contributed by atoms with Crippen molar-refractivity contribution in [2.45, 2.75) is 45.0 Å². The quantitative estimate of drug-likeness (QED) is 0.767. The van der Waals surface area contributed by atoms with E-state index in [0.717, 1.165) is 11.8 Å². The second-order valence-electron chi connectivity index (χ2n) is 5.25. The summed E-state index contributed by atoms with van der Waals surface area (Å²) in [7, 11) is 0. The minimum absolute atomic E-state index is 0.0368. The largest absolute Gasteiger partial charge is 0.347 e. The molecule has 1 aliphatic heterocycles. The van der Waals surface area contributed by atoms with Crippen molar-refractivity contribution in [3.05, 3.63) is 35.4 Å². The van der Waals surface area contributed by atoms with E-state index in [4.69, 9.17) is 9.47 Å². The lowest BCUT2D eigenvalue weighted by Crippen LogP contribution is -2.20. The predicted molar refractivity (Wildman–Crippen MR) is 69.4 cm³/mol. The molecule has 1 saturated heterocycles. The first-order valence-electron chi connectivity index (χ1n) is 6.38. The molecule has 0 spiro atoms. The fourth-order valence-electron chi connectivity index (χ4n) is 2.36. The molecule has 1 aromatic carbocycles. The summed E-state index contributed by atoms with van der Waals surface area (Å²) in [6, 6.07) is 8.13. The van der Waals surface area contributed by atoms with Crippen LogP contribution in [0.4, 0.5) is 0 Å². The number of benzene rings is 1. The van der Waals surface area contributed by atoms with Crippen LogP contribution in [0.25, 0.3) is 0 Å². The minimum Gasteiger partial charge on any atom is -0.347 e. The van der Waals surface area contributed by atoms with E-state index in [1.807, 2.05) is 26.0 Å². The standard InChI is InChI=1S/C15H20O3/c1-11(8-9-16)12-6-4-5-7-13(12)14-10-17-15(2,3)18-14/h4-7,9,11,14H,8,10H2,1-3H3. The summed E-state index contributed by atoms with van der Waals surface area (Å²) >= 11 is 0. The fraction of sp³-hybridized carbons (Fsp3) is 0.533. The highest BCUT2D eigenvalue weighted by atomic mass is 16.7. The predicted octanol–water partition coefficient (Wildman–Crippen LogP) is 3.20. The van der Waals surface area contributed by atoms with E-state index in [1.165, 1.54) is 5.56 Å². The minimum atomic E-state index is -0.522. The summed E-state index contributed by atoms with van der Waals surface area (Å²) in [5.41, 5.74) is 2.31. The topological polar surface area (TPSA) is 35.5 Å². The van der Waals surface area contributed by atoms with Gasteiger partial charge in [0.1, 0.15) is 12.4 Å². The van der Waals surface area contributed by atoms with E-state index in [2.05, 4.69) is 19.1 Å². The molecule has 0 aromatic heterocycles. The van der Waals surface area contributed by atoms with Crippen LogP contribution in [0, 0.1) is 0 Å². The van der Waals surface area contributed by atoms with Gasteiger partial charge in [-0.05, 0) is 30.9 Å². The summed E-state index contributed by atoms with van der Waals surface area (Å²) in [6.45, 7) is 6.47. The highest BCUT2D eigenvalue weighted by Crippen LogP contribution is 2.36. The lowest BCUT2D eigenvalue weighted by atomic mass is 9.91. The summed E-state index contributed by atoms with van der Waals surface area (Å²) in [5, 5.41) is 0. The Morgan fingerprint density at radius 2 is 2.17 bits per heavy atom. The van der Waals surface area contributed by atoms with E-state index in [9.17, 15) is 4.79 Å². The Balaban J connectivity index is 2.25. The molecule has 1 heterocycles. The highest BCUT2D eigenvalue weighted by molar-refractivity contribution is 5.52. The van der Waals surface area contributed by atoms with E-state index >= 15 is 0 Å². The van der Waals surface area contributed by atoms with Crippen LogP contribution in [0.2, 0.25) is 0 Å². The van der Waals surface area contributed by atoms with Crippen LogP contribution in [0.1, 0.15) is 50.3 Å². The molecule has 1 fully saturated rings. The molecule has 3 nitrogen and oxygen atoms in total. The van der Waals surface area contributed by atoms with E-state index in [-0.39, 0.29) is 12.0 Å². The van der Waals surface area contributed by atoms with Crippen LogP contribution >= 0.6 is 0 Å². The first-order valence-corrected chi connectivity index (χ1v) is 6.38. The van der Waals surface area contributed by atoms with Crippen LogP contribution in [0.5, 0.6) is 0 Å². The number of hydrogen-bond acceptors (Lipinski definition) is 3. The van der Waals surface area contributed by atoms with Crippen molar-refractivity contribution in [2.24, 2.45) is 0 Å². The molecule has 0 amide bonds. The Kier molecular flexibility index (Phi) is 3.83. The van der Waals surface area contributed by atoms with Crippen molar-refractivity contribution in [3.8, 4) is 0 Å². The van der Waals surface area contributed by atoms with Crippen molar-refractivity contribution < 1.29 is 14.3 Å². The summed E-state index contributed by atoms with van der Waals surface area (Å²) in [5.74, 6) is -0.308. The first-order chi connectivity index (χ1) is 8.53. The van der Waals surface area contributed by atoms with Crippen molar-refractivity contribution in [1.82, 2.24) is 0 Å². The molecule has 0 aliphatic carbocycles. The first kappa shape index (κ1) is 13.2. The second kappa shape index (κ2) is 5.21. The second-order valence-corrected chi connectivity index (χ2v) is 5.25. The normalized spacial score (nSPS) is 23.8. The lowest BCUT2D eigenvalue weighted by Gasteiger charge is -2.20. The van der Waals surface area contributed by atoms with Gasteiger partial charge in [0.15, 0.2) is 5.79 Å².